The van der Waals surface area contributed by atoms with Crippen LogP contribution >= 0.6 is 7.82 Å². The lowest BCUT2D eigenvalue weighted by Gasteiger charge is -2.09. The predicted molar refractivity (Wildman–Crippen MR) is 110 cm³/mol. The fourth-order valence-corrected chi connectivity index (χ4v) is 3.53. The van der Waals surface area contributed by atoms with Crippen molar-refractivity contribution in [2.75, 3.05) is 13.2 Å². The summed E-state index contributed by atoms with van der Waals surface area (Å²) in [7, 11) is -4.22. The Labute approximate surface area is 164 Å². The minimum absolute atomic E-state index is 0.213. The molecule has 1 aliphatic carbocycles. The summed E-state index contributed by atoms with van der Waals surface area (Å²) in [5, 5.41) is 0. The molecule has 0 saturated heterocycles. The highest BCUT2D eigenvalue weighted by molar-refractivity contribution is 7.46. The van der Waals surface area contributed by atoms with E-state index >= 15 is 0 Å². The van der Waals surface area contributed by atoms with Crippen LogP contribution in [0.2, 0.25) is 0 Å². The molecule has 156 valence electrons. The van der Waals surface area contributed by atoms with Crippen LogP contribution in [-0.2, 0) is 20.2 Å². The van der Waals surface area contributed by atoms with E-state index in [4.69, 9.17) is 14.5 Å². The average molecular weight is 400 g/mol. The van der Waals surface area contributed by atoms with Crippen molar-refractivity contribution < 1.29 is 23.6 Å². The third-order valence-electron chi connectivity index (χ3n) is 4.61. The normalized spacial score (nSPS) is 15.0. The lowest BCUT2D eigenvalue weighted by atomic mass is 10.1. The van der Waals surface area contributed by atoms with Gasteiger partial charge in [-0.15, -0.1) is 0 Å². The Bertz CT molecular complexity index is 509. The Morgan fingerprint density at radius 1 is 1.04 bits per heavy atom. The third kappa shape index (κ3) is 15.0. The molecule has 2 rings (SSSR count). The number of hydrogen-bond acceptors (Lipinski definition) is 3. The zero-order chi connectivity index (χ0) is 20.0. The second-order valence-electron chi connectivity index (χ2n) is 7.51. The van der Waals surface area contributed by atoms with Crippen molar-refractivity contribution in [2.24, 2.45) is 5.92 Å². The van der Waals surface area contributed by atoms with Crippen molar-refractivity contribution in [1.82, 2.24) is 0 Å². The van der Waals surface area contributed by atoms with Crippen LogP contribution in [0.15, 0.2) is 30.3 Å². The van der Waals surface area contributed by atoms with E-state index in [9.17, 15) is 4.57 Å². The zero-order valence-electron chi connectivity index (χ0n) is 16.9. The van der Waals surface area contributed by atoms with Gasteiger partial charge in [-0.25, -0.2) is 4.57 Å². The number of phosphoric acid groups is 1. The minimum Gasteiger partial charge on any atom is -0.379 e. The van der Waals surface area contributed by atoms with Gasteiger partial charge in [0.1, 0.15) is 0 Å². The molecule has 0 heterocycles. The van der Waals surface area contributed by atoms with E-state index in [0.29, 0.717) is 12.0 Å². The molecule has 0 amide bonds. The van der Waals surface area contributed by atoms with Crippen LogP contribution in [0.3, 0.4) is 0 Å². The van der Waals surface area contributed by atoms with Gasteiger partial charge in [0.25, 0.3) is 0 Å². The van der Waals surface area contributed by atoms with Crippen LogP contribution < -0.4 is 0 Å². The summed E-state index contributed by atoms with van der Waals surface area (Å²) in [6, 6.07) is 10.7. The van der Waals surface area contributed by atoms with Gasteiger partial charge in [-0.05, 0) is 57.4 Å². The van der Waals surface area contributed by atoms with E-state index in [-0.39, 0.29) is 6.61 Å². The minimum atomic E-state index is -4.22. The molecule has 1 aliphatic rings. The highest BCUT2D eigenvalue weighted by Gasteiger charge is 2.20. The molecular weight excluding hydrogens is 363 g/mol. The first-order chi connectivity index (χ1) is 12.9. The molecular formula is C21H37O5P. The van der Waals surface area contributed by atoms with E-state index in [2.05, 4.69) is 48.7 Å². The van der Waals surface area contributed by atoms with Crippen molar-refractivity contribution in [1.29, 1.82) is 0 Å². The lowest BCUT2D eigenvalue weighted by molar-refractivity contribution is 0.0757. The molecule has 27 heavy (non-hydrogen) atoms. The van der Waals surface area contributed by atoms with Crippen LogP contribution in [0.25, 0.3) is 0 Å². The van der Waals surface area contributed by atoms with Gasteiger partial charge in [-0.2, -0.15) is 0 Å². The summed E-state index contributed by atoms with van der Waals surface area (Å²) in [5.74, 6) is 0.364. The molecule has 0 radical (unpaired) electrons. The fourth-order valence-electron chi connectivity index (χ4n) is 3.13. The molecule has 0 spiro atoms. The van der Waals surface area contributed by atoms with Gasteiger partial charge in [0, 0.05) is 6.61 Å². The Balaban J connectivity index is 0.000000289. The van der Waals surface area contributed by atoms with E-state index in [1.807, 2.05) is 0 Å². The summed E-state index contributed by atoms with van der Waals surface area (Å²) >= 11 is 0. The molecule has 0 aromatic heterocycles. The standard InChI is InChI=1S/C15H24O.C6H13O4P/c1-14(2)16-13-9-4-3-6-10-15-11-7-5-8-12-15;7-11(8,9)10-5-6-3-1-2-4-6/h5,7-8,11-12,14H,3-4,6,9-10,13H2,1-2H3;6H,1-5H2,(H2,7,8,9). The summed E-state index contributed by atoms with van der Waals surface area (Å²) in [6.45, 7) is 5.32. The lowest BCUT2D eigenvalue weighted by Crippen LogP contribution is -2.03. The maximum Gasteiger partial charge on any atom is 0.469 e. The van der Waals surface area contributed by atoms with Gasteiger partial charge in [0.05, 0.1) is 12.7 Å². The number of ether oxygens (including phenoxy) is 1. The molecule has 1 saturated carbocycles. The third-order valence-corrected chi connectivity index (χ3v) is 5.09. The highest BCUT2D eigenvalue weighted by Crippen LogP contribution is 2.38. The molecule has 0 unspecified atom stereocenters. The fraction of sp³-hybridized carbons (Fsp3) is 0.714. The molecule has 5 nitrogen and oxygen atoms in total. The summed E-state index contributed by atoms with van der Waals surface area (Å²) in [5.41, 5.74) is 1.46. The smallest absolute Gasteiger partial charge is 0.379 e. The number of hydrogen-bond donors (Lipinski definition) is 2. The molecule has 0 atom stereocenters. The Kier molecular flexibility index (Phi) is 12.9. The topological polar surface area (TPSA) is 76.0 Å². The monoisotopic (exact) mass is 400 g/mol. The predicted octanol–water partition coefficient (Wildman–Crippen LogP) is 5.50. The average Bonchev–Trinajstić information content (AvgIpc) is 3.13. The quantitative estimate of drug-likeness (QED) is 0.379. The molecule has 1 fully saturated rings. The van der Waals surface area contributed by atoms with E-state index in [0.717, 1.165) is 32.3 Å². The molecule has 1 aromatic rings. The summed E-state index contributed by atoms with van der Waals surface area (Å²) in [6.07, 6.45) is 11.1. The Morgan fingerprint density at radius 3 is 2.26 bits per heavy atom. The number of aryl methyl sites for hydroxylation is 1. The van der Waals surface area contributed by atoms with Gasteiger partial charge in [-0.1, -0.05) is 56.0 Å². The van der Waals surface area contributed by atoms with Crippen LogP contribution in [0.5, 0.6) is 0 Å². The van der Waals surface area contributed by atoms with Crippen molar-refractivity contribution >= 4 is 7.82 Å². The number of unbranched alkanes of at least 4 members (excludes halogenated alkanes) is 3. The van der Waals surface area contributed by atoms with E-state index in [1.54, 1.807) is 0 Å². The number of benzene rings is 1. The first kappa shape index (κ1) is 24.3. The number of phosphoric ester groups is 1. The molecule has 6 heteroatoms. The molecule has 2 N–H and O–H groups in total. The first-order valence-corrected chi connectivity index (χ1v) is 11.8. The van der Waals surface area contributed by atoms with Gasteiger partial charge < -0.3 is 14.5 Å². The zero-order valence-corrected chi connectivity index (χ0v) is 17.8. The molecule has 1 aromatic carbocycles. The van der Waals surface area contributed by atoms with Gasteiger partial charge in [0.2, 0.25) is 0 Å². The van der Waals surface area contributed by atoms with Crippen LogP contribution in [-0.4, -0.2) is 29.1 Å². The van der Waals surface area contributed by atoms with Crippen LogP contribution in [0, 0.1) is 5.92 Å². The summed E-state index contributed by atoms with van der Waals surface area (Å²) < 4.78 is 20.1. The summed E-state index contributed by atoms with van der Waals surface area (Å²) in [4.78, 5) is 16.7. The van der Waals surface area contributed by atoms with Crippen molar-refractivity contribution in [3.63, 3.8) is 0 Å². The maximum atomic E-state index is 10.3. The van der Waals surface area contributed by atoms with Crippen molar-refractivity contribution in [2.45, 2.75) is 77.7 Å². The second-order valence-corrected chi connectivity index (χ2v) is 8.75. The van der Waals surface area contributed by atoms with Crippen LogP contribution in [0.4, 0.5) is 0 Å². The maximum absolute atomic E-state index is 10.3. The largest absolute Gasteiger partial charge is 0.469 e. The number of rotatable bonds is 11. The highest BCUT2D eigenvalue weighted by atomic mass is 31.2. The van der Waals surface area contributed by atoms with Crippen molar-refractivity contribution in [3.8, 4) is 0 Å². The second kappa shape index (κ2) is 14.3. The van der Waals surface area contributed by atoms with E-state index < -0.39 is 7.82 Å². The van der Waals surface area contributed by atoms with E-state index in [1.165, 1.54) is 37.7 Å². The molecule has 0 bridgehead atoms. The van der Waals surface area contributed by atoms with Gasteiger partial charge in [-0.3, -0.25) is 4.52 Å². The SMILES string of the molecule is CC(C)OCCCCCCc1ccccc1.O=P(O)(O)OCC1CCCC1. The molecule has 0 aliphatic heterocycles. The Hall–Kier alpha value is -0.710. The van der Waals surface area contributed by atoms with Gasteiger partial charge in [0.15, 0.2) is 0 Å². The van der Waals surface area contributed by atoms with Crippen molar-refractivity contribution in [3.05, 3.63) is 35.9 Å². The van der Waals surface area contributed by atoms with Crippen LogP contribution in [0.1, 0.15) is 70.8 Å². The first-order valence-electron chi connectivity index (χ1n) is 10.2. The Morgan fingerprint density at radius 2 is 1.67 bits per heavy atom. The van der Waals surface area contributed by atoms with Gasteiger partial charge >= 0.3 is 7.82 Å².